The maximum atomic E-state index is 3.60. The molecule has 1 saturated carbocycles. The lowest BCUT2D eigenvalue weighted by Crippen LogP contribution is -2.10. The third-order valence-corrected chi connectivity index (χ3v) is 3.30. The molecule has 1 heteroatoms. The minimum Gasteiger partial charge on any atom is -0.301 e. The summed E-state index contributed by atoms with van der Waals surface area (Å²) < 4.78 is 0. The van der Waals surface area contributed by atoms with Crippen LogP contribution in [0.15, 0.2) is 30.3 Å². The van der Waals surface area contributed by atoms with E-state index < -0.39 is 0 Å². The smallest absolute Gasteiger partial charge is 0.0593 e. The van der Waals surface area contributed by atoms with Gasteiger partial charge < -0.3 is 5.32 Å². The molecule has 1 aliphatic heterocycles. The summed E-state index contributed by atoms with van der Waals surface area (Å²) in [5.41, 5.74) is 1.90. The molecule has 3 rings (SSSR count). The highest BCUT2D eigenvalue weighted by Gasteiger charge is 2.57. The van der Waals surface area contributed by atoms with E-state index in [2.05, 4.69) is 35.6 Å². The number of hydrogen-bond donors (Lipinski definition) is 1. The van der Waals surface area contributed by atoms with E-state index in [0.717, 1.165) is 6.04 Å². The molecule has 0 radical (unpaired) electrons. The number of hydrogen-bond acceptors (Lipinski definition) is 1. The van der Waals surface area contributed by atoms with E-state index in [1.807, 2.05) is 0 Å². The van der Waals surface area contributed by atoms with Gasteiger partial charge in [-0.3, -0.25) is 0 Å². The van der Waals surface area contributed by atoms with Gasteiger partial charge in [0.15, 0.2) is 0 Å². The quantitative estimate of drug-likeness (QED) is 0.622. The highest BCUT2D eigenvalue weighted by Crippen LogP contribution is 2.49. The molecule has 62 valence electrons. The minimum atomic E-state index is 0.404. The second kappa shape index (κ2) is 2.11. The molecule has 2 aliphatic rings. The van der Waals surface area contributed by atoms with Crippen molar-refractivity contribution in [3.63, 3.8) is 0 Å². The van der Waals surface area contributed by atoms with Gasteiger partial charge in [0.2, 0.25) is 0 Å². The van der Waals surface area contributed by atoms with Crippen LogP contribution in [0.4, 0.5) is 0 Å². The Hall–Kier alpha value is -0.820. The Morgan fingerprint density at radius 3 is 2.67 bits per heavy atom. The molecule has 0 bridgehead atoms. The summed E-state index contributed by atoms with van der Waals surface area (Å²) in [5.74, 6) is 0. The molecule has 2 atom stereocenters. The van der Waals surface area contributed by atoms with E-state index in [1.54, 1.807) is 0 Å². The van der Waals surface area contributed by atoms with Crippen LogP contribution in [0.3, 0.4) is 0 Å². The summed E-state index contributed by atoms with van der Waals surface area (Å²) in [5, 5.41) is 3.60. The molecule has 0 spiro atoms. The van der Waals surface area contributed by atoms with E-state index in [9.17, 15) is 0 Å². The third-order valence-electron chi connectivity index (χ3n) is 3.30. The Morgan fingerprint density at radius 1 is 1.25 bits per heavy atom. The molecule has 12 heavy (non-hydrogen) atoms. The molecule has 1 aliphatic carbocycles. The standard InChI is InChI=1S/C11H13N/c1-2-5-9(6-3-1)11-8-4-7-10(11)12-11/h1-3,5-6,10,12H,4,7-8H2. The first-order valence-corrected chi connectivity index (χ1v) is 4.75. The van der Waals surface area contributed by atoms with E-state index >= 15 is 0 Å². The van der Waals surface area contributed by atoms with Gasteiger partial charge in [-0.1, -0.05) is 30.3 Å². The number of fused-ring (bicyclic) bond motifs is 1. The molecule has 1 N–H and O–H groups in total. The van der Waals surface area contributed by atoms with Crippen molar-refractivity contribution < 1.29 is 0 Å². The molecule has 1 aromatic rings. The lowest BCUT2D eigenvalue weighted by Gasteiger charge is -2.09. The lowest BCUT2D eigenvalue weighted by molar-refractivity contribution is 0.624. The van der Waals surface area contributed by atoms with Crippen molar-refractivity contribution >= 4 is 0 Å². The summed E-state index contributed by atoms with van der Waals surface area (Å²) in [4.78, 5) is 0. The summed E-state index contributed by atoms with van der Waals surface area (Å²) in [6, 6.07) is 11.7. The zero-order valence-electron chi connectivity index (χ0n) is 7.09. The molecule has 0 amide bonds. The second-order valence-corrected chi connectivity index (χ2v) is 3.93. The number of rotatable bonds is 1. The average molecular weight is 159 g/mol. The number of benzene rings is 1. The first-order chi connectivity index (χ1) is 5.92. The van der Waals surface area contributed by atoms with Crippen LogP contribution in [0.5, 0.6) is 0 Å². The van der Waals surface area contributed by atoms with E-state index in [4.69, 9.17) is 0 Å². The summed E-state index contributed by atoms with van der Waals surface area (Å²) in [6.45, 7) is 0. The molecule has 1 nitrogen and oxygen atoms in total. The molecule has 2 unspecified atom stereocenters. The lowest BCUT2D eigenvalue weighted by atomic mass is 9.96. The molecular formula is C11H13N. The first kappa shape index (κ1) is 6.67. The minimum absolute atomic E-state index is 0.404. The van der Waals surface area contributed by atoms with Crippen LogP contribution >= 0.6 is 0 Å². The molecule has 1 aromatic carbocycles. The van der Waals surface area contributed by atoms with Crippen molar-refractivity contribution in [2.24, 2.45) is 0 Å². The van der Waals surface area contributed by atoms with Gasteiger partial charge in [-0.25, -0.2) is 0 Å². The number of piperidine rings is 1. The average Bonchev–Trinajstić information content (AvgIpc) is 2.72. The van der Waals surface area contributed by atoms with Crippen molar-refractivity contribution in [1.82, 2.24) is 5.32 Å². The molecule has 2 fully saturated rings. The summed E-state index contributed by atoms with van der Waals surface area (Å²) >= 11 is 0. The molecular weight excluding hydrogens is 146 g/mol. The predicted octanol–water partition coefficient (Wildman–Crippen LogP) is 2.04. The van der Waals surface area contributed by atoms with Crippen molar-refractivity contribution in [1.29, 1.82) is 0 Å². The van der Waals surface area contributed by atoms with Crippen LogP contribution in [0.25, 0.3) is 0 Å². The van der Waals surface area contributed by atoms with Crippen LogP contribution in [0.1, 0.15) is 24.8 Å². The Balaban J connectivity index is 2.00. The Morgan fingerprint density at radius 2 is 2.08 bits per heavy atom. The predicted molar refractivity (Wildman–Crippen MR) is 48.9 cm³/mol. The van der Waals surface area contributed by atoms with Gasteiger partial charge in [-0.05, 0) is 24.8 Å². The van der Waals surface area contributed by atoms with Crippen molar-refractivity contribution in [2.75, 3.05) is 0 Å². The Bertz CT molecular complexity index is 293. The van der Waals surface area contributed by atoms with Gasteiger partial charge in [0.25, 0.3) is 0 Å². The summed E-state index contributed by atoms with van der Waals surface area (Å²) in [6.07, 6.45) is 4.10. The SMILES string of the molecule is c1ccc(C23CCCC2N3)cc1. The first-order valence-electron chi connectivity index (χ1n) is 4.75. The fourth-order valence-electron chi connectivity index (χ4n) is 2.58. The Kier molecular flexibility index (Phi) is 1.17. The monoisotopic (exact) mass is 159 g/mol. The second-order valence-electron chi connectivity index (χ2n) is 3.93. The summed E-state index contributed by atoms with van der Waals surface area (Å²) in [7, 11) is 0. The van der Waals surface area contributed by atoms with Crippen molar-refractivity contribution in [2.45, 2.75) is 30.8 Å². The zero-order chi connectivity index (χ0) is 8.02. The fraction of sp³-hybridized carbons (Fsp3) is 0.455. The fourth-order valence-corrected chi connectivity index (χ4v) is 2.58. The van der Waals surface area contributed by atoms with E-state index in [1.165, 1.54) is 24.8 Å². The van der Waals surface area contributed by atoms with Crippen LogP contribution in [0, 0.1) is 0 Å². The molecule has 0 aromatic heterocycles. The molecule has 1 heterocycles. The van der Waals surface area contributed by atoms with Gasteiger partial charge in [0.05, 0.1) is 5.54 Å². The van der Waals surface area contributed by atoms with Gasteiger partial charge in [-0.2, -0.15) is 0 Å². The van der Waals surface area contributed by atoms with Crippen LogP contribution in [0.2, 0.25) is 0 Å². The van der Waals surface area contributed by atoms with Crippen molar-refractivity contribution in [3.8, 4) is 0 Å². The highest BCUT2D eigenvalue weighted by atomic mass is 15.2. The van der Waals surface area contributed by atoms with Gasteiger partial charge in [0, 0.05) is 6.04 Å². The maximum absolute atomic E-state index is 3.60. The normalized spacial score (nSPS) is 37.8. The van der Waals surface area contributed by atoms with E-state index in [-0.39, 0.29) is 0 Å². The van der Waals surface area contributed by atoms with Gasteiger partial charge >= 0.3 is 0 Å². The third kappa shape index (κ3) is 0.721. The van der Waals surface area contributed by atoms with E-state index in [0.29, 0.717) is 5.54 Å². The molecule has 1 saturated heterocycles. The van der Waals surface area contributed by atoms with Crippen LogP contribution in [-0.2, 0) is 5.54 Å². The van der Waals surface area contributed by atoms with Crippen LogP contribution < -0.4 is 5.32 Å². The highest BCUT2D eigenvalue weighted by molar-refractivity contribution is 5.35. The van der Waals surface area contributed by atoms with Gasteiger partial charge in [-0.15, -0.1) is 0 Å². The topological polar surface area (TPSA) is 21.9 Å². The van der Waals surface area contributed by atoms with Gasteiger partial charge in [0.1, 0.15) is 0 Å². The maximum Gasteiger partial charge on any atom is 0.0593 e. The Labute approximate surface area is 72.8 Å². The largest absolute Gasteiger partial charge is 0.301 e. The number of nitrogens with one attached hydrogen (secondary N) is 1. The van der Waals surface area contributed by atoms with Crippen LogP contribution in [-0.4, -0.2) is 6.04 Å². The van der Waals surface area contributed by atoms with Crippen molar-refractivity contribution in [3.05, 3.63) is 35.9 Å². The zero-order valence-corrected chi connectivity index (χ0v) is 7.09.